The standard InChI is InChI=1S/4C4H7N3.Cu.2NO3/c4*1-2-7-4-5-3-6-7;;2*2-1(3)4/h4*3-4H,2H2,1H3;;;/q;;;;+2;2*-1. The van der Waals surface area contributed by atoms with Crippen molar-refractivity contribution in [2.24, 2.45) is 0 Å². The molecule has 0 saturated heterocycles. The molecule has 20 nitrogen and oxygen atoms in total. The van der Waals surface area contributed by atoms with Gasteiger partial charge in [0.2, 0.25) is 0 Å². The zero-order valence-corrected chi connectivity index (χ0v) is 21.4. The van der Waals surface area contributed by atoms with E-state index < -0.39 is 10.2 Å². The molecule has 1 radical (unpaired) electrons. The Bertz CT molecular complexity index is 811. The van der Waals surface area contributed by atoms with Crippen LogP contribution in [0.3, 0.4) is 0 Å². The van der Waals surface area contributed by atoms with E-state index >= 15 is 0 Å². The maximum absolute atomic E-state index is 8.25. The van der Waals surface area contributed by atoms with Crippen LogP contribution in [-0.2, 0) is 43.2 Å². The van der Waals surface area contributed by atoms with Crippen molar-refractivity contribution < 1.29 is 27.2 Å². The summed E-state index contributed by atoms with van der Waals surface area (Å²) in [5.74, 6) is 0. The van der Waals surface area contributed by atoms with Crippen LogP contribution in [0.5, 0.6) is 0 Å². The van der Waals surface area contributed by atoms with E-state index in [4.69, 9.17) is 30.6 Å². The molecule has 4 rings (SSSR count). The predicted octanol–water partition coefficient (Wildman–Crippen LogP) is 0.711. The monoisotopic (exact) mass is 575 g/mol. The van der Waals surface area contributed by atoms with Gasteiger partial charge in [0.25, 0.3) is 0 Å². The van der Waals surface area contributed by atoms with Crippen molar-refractivity contribution in [2.75, 3.05) is 0 Å². The van der Waals surface area contributed by atoms with Gasteiger partial charge in [0.15, 0.2) is 0 Å². The smallest absolute Gasteiger partial charge is 0.356 e. The van der Waals surface area contributed by atoms with E-state index in [0.717, 1.165) is 26.2 Å². The van der Waals surface area contributed by atoms with Crippen molar-refractivity contribution in [1.82, 2.24) is 59.1 Å². The van der Waals surface area contributed by atoms with Gasteiger partial charge in [-0.15, -0.1) is 0 Å². The van der Waals surface area contributed by atoms with Gasteiger partial charge >= 0.3 is 17.1 Å². The van der Waals surface area contributed by atoms with Crippen molar-refractivity contribution in [3.05, 3.63) is 81.3 Å². The molecular weight excluding hydrogens is 548 g/mol. The summed E-state index contributed by atoms with van der Waals surface area (Å²) < 4.78 is 7.06. The first-order valence-corrected chi connectivity index (χ1v) is 10.1. The Morgan fingerprint density at radius 3 is 0.730 bits per heavy atom. The van der Waals surface area contributed by atoms with Crippen LogP contribution in [-0.4, -0.2) is 69.2 Å². The van der Waals surface area contributed by atoms with E-state index in [9.17, 15) is 0 Å². The normalized spacial score (nSPS) is 8.32. The van der Waals surface area contributed by atoms with Crippen LogP contribution in [0.2, 0.25) is 0 Å². The van der Waals surface area contributed by atoms with Gasteiger partial charge in [-0.05, 0) is 27.7 Å². The fourth-order valence-corrected chi connectivity index (χ4v) is 1.58. The Hall–Kier alpha value is -4.52. The molecule has 0 spiro atoms. The molecule has 209 valence electrons. The number of hydrogen-bond acceptors (Lipinski definition) is 14. The number of aromatic nitrogens is 12. The van der Waals surface area contributed by atoms with Crippen molar-refractivity contribution in [1.29, 1.82) is 0 Å². The van der Waals surface area contributed by atoms with Crippen LogP contribution in [0.1, 0.15) is 27.7 Å². The summed E-state index contributed by atoms with van der Waals surface area (Å²) in [7, 11) is 0. The zero-order valence-electron chi connectivity index (χ0n) is 20.5. The first kappa shape index (κ1) is 37.0. The SMILES string of the molecule is CCn1cncn1.CCn1cncn1.CCn1cncn1.CCn1cncn1.O=[N+]([O-])[O-].O=[N+]([O-])[O-].[Cu+2]. The second-order valence-electron chi connectivity index (χ2n) is 5.45. The van der Waals surface area contributed by atoms with Crippen LogP contribution in [0.15, 0.2) is 50.6 Å². The molecule has 0 N–H and O–H groups in total. The second-order valence-corrected chi connectivity index (χ2v) is 5.45. The fourth-order valence-electron chi connectivity index (χ4n) is 1.58. The maximum Gasteiger partial charge on any atom is 2.00 e. The summed E-state index contributed by atoms with van der Waals surface area (Å²) in [6.07, 6.45) is 12.9. The van der Waals surface area contributed by atoms with Gasteiger partial charge in [0.05, 0.1) is 10.2 Å². The van der Waals surface area contributed by atoms with Crippen molar-refractivity contribution in [3.63, 3.8) is 0 Å². The van der Waals surface area contributed by atoms with E-state index in [1.165, 1.54) is 25.3 Å². The minimum atomic E-state index is -1.75. The summed E-state index contributed by atoms with van der Waals surface area (Å²) in [5, 5.41) is 44.9. The Morgan fingerprint density at radius 1 is 0.514 bits per heavy atom. The fraction of sp³-hybridized carbons (Fsp3) is 0.500. The second kappa shape index (κ2) is 26.1. The van der Waals surface area contributed by atoms with Gasteiger partial charge in [-0.1, -0.05) is 0 Å². The summed E-state index contributed by atoms with van der Waals surface area (Å²) >= 11 is 0. The molecule has 0 unspecified atom stereocenters. The van der Waals surface area contributed by atoms with Crippen LogP contribution in [0.4, 0.5) is 0 Å². The number of rotatable bonds is 4. The Kier molecular flexibility index (Phi) is 26.1. The molecular formula is C16H28CuN14O6. The Labute approximate surface area is 221 Å². The predicted molar refractivity (Wildman–Crippen MR) is 124 cm³/mol. The molecule has 4 aromatic rings. The quantitative estimate of drug-likeness (QED) is 0.184. The van der Waals surface area contributed by atoms with Crippen LogP contribution >= 0.6 is 0 Å². The zero-order chi connectivity index (χ0) is 27.6. The average molecular weight is 576 g/mol. The average Bonchev–Trinajstić information content (AvgIpc) is 3.68. The van der Waals surface area contributed by atoms with Gasteiger partial charge in [-0.3, -0.25) is 18.7 Å². The molecule has 0 atom stereocenters. The molecule has 0 aromatic carbocycles. The van der Waals surface area contributed by atoms with Crippen LogP contribution < -0.4 is 0 Å². The van der Waals surface area contributed by atoms with Gasteiger partial charge in [-0.2, -0.15) is 20.4 Å². The van der Waals surface area contributed by atoms with E-state index in [2.05, 4.69) is 40.3 Å². The summed E-state index contributed by atoms with van der Waals surface area (Å²) in [6, 6.07) is 0. The molecule has 21 heteroatoms. The molecule has 0 aliphatic carbocycles. The molecule has 4 aromatic heterocycles. The minimum absolute atomic E-state index is 0. The number of aryl methyl sites for hydroxylation is 4. The summed E-state index contributed by atoms with van der Waals surface area (Å²) in [4.78, 5) is 31.5. The third kappa shape index (κ3) is 27.6. The van der Waals surface area contributed by atoms with Crippen LogP contribution in [0, 0.1) is 30.6 Å². The van der Waals surface area contributed by atoms with Crippen molar-refractivity contribution in [2.45, 2.75) is 53.9 Å². The number of nitrogens with zero attached hydrogens (tertiary/aromatic N) is 14. The summed E-state index contributed by atoms with van der Waals surface area (Å²) in [6.45, 7) is 11.7. The first-order valence-electron chi connectivity index (χ1n) is 10.1. The minimum Gasteiger partial charge on any atom is -0.356 e. The third-order valence-electron chi connectivity index (χ3n) is 3.16. The molecule has 0 fully saturated rings. The van der Waals surface area contributed by atoms with Gasteiger partial charge in [-0.25, -0.2) is 19.9 Å². The summed E-state index contributed by atoms with van der Waals surface area (Å²) in [5.41, 5.74) is 0. The van der Waals surface area contributed by atoms with E-state index in [0.29, 0.717) is 0 Å². The maximum atomic E-state index is 8.25. The topological polar surface area (TPSA) is 255 Å². The Balaban J connectivity index is -0.000000379. The van der Waals surface area contributed by atoms with Gasteiger partial charge in [0, 0.05) is 26.2 Å². The van der Waals surface area contributed by atoms with Crippen LogP contribution in [0.25, 0.3) is 0 Å². The molecule has 4 heterocycles. The van der Waals surface area contributed by atoms with E-state index in [1.54, 1.807) is 44.0 Å². The third-order valence-corrected chi connectivity index (χ3v) is 3.16. The largest absolute Gasteiger partial charge is 2.00 e. The molecule has 0 aliphatic heterocycles. The van der Waals surface area contributed by atoms with E-state index in [1.807, 2.05) is 27.7 Å². The molecule has 0 bridgehead atoms. The van der Waals surface area contributed by atoms with Gasteiger partial charge < -0.3 is 30.6 Å². The molecule has 0 amide bonds. The van der Waals surface area contributed by atoms with Crippen molar-refractivity contribution >= 4 is 0 Å². The van der Waals surface area contributed by atoms with Gasteiger partial charge in [0.1, 0.15) is 50.6 Å². The Morgan fingerprint density at radius 2 is 0.676 bits per heavy atom. The molecule has 37 heavy (non-hydrogen) atoms. The molecule has 0 aliphatic rings. The number of hydrogen-bond donors (Lipinski definition) is 0. The first-order chi connectivity index (χ1) is 17.2. The van der Waals surface area contributed by atoms with E-state index in [-0.39, 0.29) is 17.1 Å². The van der Waals surface area contributed by atoms with Crippen molar-refractivity contribution in [3.8, 4) is 0 Å². The molecule has 0 saturated carbocycles.